The summed E-state index contributed by atoms with van der Waals surface area (Å²) in [5.74, 6) is -0.623. The van der Waals surface area contributed by atoms with E-state index in [1.807, 2.05) is 0 Å². The van der Waals surface area contributed by atoms with Crippen LogP contribution in [0.2, 0.25) is 0 Å². The first-order valence-corrected chi connectivity index (χ1v) is 13.0. The lowest BCUT2D eigenvalue weighted by Crippen LogP contribution is -2.36. The molecule has 4 N–H and O–H groups in total. The van der Waals surface area contributed by atoms with Gasteiger partial charge in [0.2, 0.25) is 0 Å². The minimum absolute atomic E-state index is 0.0423. The van der Waals surface area contributed by atoms with Crippen LogP contribution in [0.5, 0.6) is 0 Å². The van der Waals surface area contributed by atoms with E-state index in [1.54, 1.807) is 10.7 Å². The first-order valence-electron chi connectivity index (χ1n) is 12.0. The van der Waals surface area contributed by atoms with Crippen molar-refractivity contribution in [3.8, 4) is 0 Å². The second-order valence-electron chi connectivity index (χ2n) is 9.09. The smallest absolute Gasteiger partial charge is 0.191 e. The van der Waals surface area contributed by atoms with Crippen LogP contribution in [0.25, 0.3) is 11.2 Å². The first kappa shape index (κ1) is 25.2. The van der Waals surface area contributed by atoms with Gasteiger partial charge in [0, 0.05) is 11.7 Å². The Kier molecular flexibility index (Phi) is 7.35. The number of hydrogen-bond acceptors (Lipinski definition) is 10. The second kappa shape index (κ2) is 10.5. The van der Waals surface area contributed by atoms with Crippen molar-refractivity contribution >= 4 is 28.7 Å². The third-order valence-electron chi connectivity index (χ3n) is 6.56. The number of rotatable bonds is 10. The van der Waals surface area contributed by atoms with E-state index in [9.17, 15) is 19.0 Å². The number of aliphatic hydroxyl groups excluding tert-OH is 3. The third kappa shape index (κ3) is 4.90. The van der Waals surface area contributed by atoms with E-state index in [0.717, 1.165) is 18.2 Å². The summed E-state index contributed by atoms with van der Waals surface area (Å²) in [7, 11) is 0. The van der Waals surface area contributed by atoms with Crippen LogP contribution >= 0.6 is 11.8 Å². The van der Waals surface area contributed by atoms with Crippen molar-refractivity contribution in [2.45, 2.75) is 67.7 Å². The molecular formula is C23H28F2N6O4S. The maximum Gasteiger partial charge on any atom is 0.191 e. The van der Waals surface area contributed by atoms with Gasteiger partial charge in [0.25, 0.3) is 0 Å². The van der Waals surface area contributed by atoms with Gasteiger partial charge in [-0.05, 0) is 37.0 Å². The number of thioether (sulfide) groups is 1. The summed E-state index contributed by atoms with van der Waals surface area (Å²) in [6.45, 7) is 1.93. The first-order chi connectivity index (χ1) is 17.4. The molecule has 10 nitrogen and oxygen atoms in total. The van der Waals surface area contributed by atoms with Crippen LogP contribution < -0.4 is 5.32 Å². The van der Waals surface area contributed by atoms with Gasteiger partial charge in [-0.15, -0.1) is 5.10 Å². The van der Waals surface area contributed by atoms with Gasteiger partial charge in [-0.25, -0.2) is 23.4 Å². The summed E-state index contributed by atoms with van der Waals surface area (Å²) in [4.78, 5) is 9.27. The lowest BCUT2D eigenvalue weighted by Gasteiger charge is -2.18. The fraction of sp³-hybridized carbons (Fsp3) is 0.565. The van der Waals surface area contributed by atoms with E-state index >= 15 is 0 Å². The normalized spacial score (nSPS) is 27.6. The summed E-state index contributed by atoms with van der Waals surface area (Å²) < 4.78 is 34.3. The zero-order valence-electron chi connectivity index (χ0n) is 19.6. The number of fused-ring (bicyclic) bond motifs is 1. The van der Waals surface area contributed by atoms with Gasteiger partial charge >= 0.3 is 0 Å². The molecular weight excluding hydrogens is 494 g/mol. The van der Waals surface area contributed by atoms with Gasteiger partial charge in [0.05, 0.1) is 31.4 Å². The summed E-state index contributed by atoms with van der Waals surface area (Å²) >= 11 is 1.48. The quantitative estimate of drug-likeness (QED) is 0.231. The van der Waals surface area contributed by atoms with Gasteiger partial charge in [-0.3, -0.25) is 0 Å². The van der Waals surface area contributed by atoms with Gasteiger partial charge in [0.15, 0.2) is 33.8 Å². The highest BCUT2D eigenvalue weighted by atomic mass is 32.2. The van der Waals surface area contributed by atoms with E-state index < -0.39 is 36.0 Å². The van der Waals surface area contributed by atoms with Crippen LogP contribution in [0.4, 0.5) is 14.6 Å². The molecule has 0 unspecified atom stereocenters. The van der Waals surface area contributed by atoms with E-state index in [-0.39, 0.29) is 25.2 Å². The van der Waals surface area contributed by atoms with Crippen LogP contribution in [0.3, 0.4) is 0 Å². The summed E-state index contributed by atoms with van der Waals surface area (Å²) in [5, 5.41) is 42.2. The zero-order chi connectivity index (χ0) is 25.4. The SMILES string of the molecule is CCCSc1nc(N[C@@H]2C[C@H](OCCO)[C@@H](O)[C@H]2O)c2nnn([C@H]3C[C@@H]3c3ccc(F)c(F)c3)c2n1. The van der Waals surface area contributed by atoms with Crippen molar-refractivity contribution in [2.75, 3.05) is 24.3 Å². The van der Waals surface area contributed by atoms with Crippen molar-refractivity contribution in [2.24, 2.45) is 0 Å². The molecule has 2 aromatic heterocycles. The maximum absolute atomic E-state index is 13.8. The van der Waals surface area contributed by atoms with Gasteiger partial charge in [-0.2, -0.15) is 0 Å². The number of aliphatic hydroxyl groups is 3. The van der Waals surface area contributed by atoms with E-state index in [4.69, 9.17) is 9.84 Å². The lowest BCUT2D eigenvalue weighted by molar-refractivity contribution is -0.0612. The fourth-order valence-electron chi connectivity index (χ4n) is 4.62. The predicted octanol–water partition coefficient (Wildman–Crippen LogP) is 2.01. The van der Waals surface area contributed by atoms with E-state index in [2.05, 4.69) is 32.5 Å². The highest BCUT2D eigenvalue weighted by Gasteiger charge is 2.44. The average Bonchev–Trinajstić information content (AvgIpc) is 3.48. The van der Waals surface area contributed by atoms with Crippen molar-refractivity contribution in [3.63, 3.8) is 0 Å². The molecule has 0 bridgehead atoms. The Labute approximate surface area is 210 Å². The second-order valence-corrected chi connectivity index (χ2v) is 10.2. The molecule has 5 rings (SSSR count). The van der Waals surface area contributed by atoms with Crippen molar-refractivity contribution in [1.82, 2.24) is 25.0 Å². The van der Waals surface area contributed by atoms with E-state index in [1.165, 1.54) is 17.8 Å². The molecule has 36 heavy (non-hydrogen) atoms. The molecule has 2 fully saturated rings. The van der Waals surface area contributed by atoms with Crippen molar-refractivity contribution < 1.29 is 28.8 Å². The number of nitrogens with zero attached hydrogens (tertiary/aromatic N) is 5. The Morgan fingerprint density at radius 1 is 1.17 bits per heavy atom. The van der Waals surface area contributed by atoms with Crippen molar-refractivity contribution in [3.05, 3.63) is 35.4 Å². The third-order valence-corrected chi connectivity index (χ3v) is 7.61. The minimum Gasteiger partial charge on any atom is -0.394 e. The molecule has 2 aliphatic carbocycles. The Bertz CT molecular complexity index is 1230. The molecule has 6 atom stereocenters. The number of benzene rings is 1. The Morgan fingerprint density at radius 2 is 2.00 bits per heavy atom. The monoisotopic (exact) mass is 522 g/mol. The minimum atomic E-state index is -1.11. The van der Waals surface area contributed by atoms with E-state index in [0.29, 0.717) is 40.5 Å². The Balaban J connectivity index is 1.43. The summed E-state index contributed by atoms with van der Waals surface area (Å²) in [6.07, 6.45) is -0.938. The number of nitrogens with one attached hydrogen (secondary N) is 1. The highest BCUT2D eigenvalue weighted by molar-refractivity contribution is 7.99. The number of ether oxygens (including phenoxy) is 1. The van der Waals surface area contributed by atoms with Gasteiger partial charge < -0.3 is 25.4 Å². The van der Waals surface area contributed by atoms with Crippen LogP contribution in [-0.4, -0.2) is 83.6 Å². The molecule has 0 saturated heterocycles. The van der Waals surface area contributed by atoms with Crippen LogP contribution in [-0.2, 0) is 4.74 Å². The molecule has 2 heterocycles. The molecule has 0 radical (unpaired) electrons. The predicted molar refractivity (Wildman–Crippen MR) is 128 cm³/mol. The molecule has 1 aromatic carbocycles. The molecule has 0 aliphatic heterocycles. The average molecular weight is 523 g/mol. The maximum atomic E-state index is 13.8. The molecule has 194 valence electrons. The topological polar surface area (TPSA) is 138 Å². The lowest BCUT2D eigenvalue weighted by atomic mass is 10.1. The highest BCUT2D eigenvalue weighted by Crippen LogP contribution is 2.52. The molecule has 3 aromatic rings. The molecule has 0 spiro atoms. The van der Waals surface area contributed by atoms with Gasteiger partial charge in [0.1, 0.15) is 12.2 Å². The summed E-state index contributed by atoms with van der Waals surface area (Å²) in [6, 6.07) is 3.25. The Hall–Kier alpha value is -2.45. The largest absolute Gasteiger partial charge is 0.394 e. The zero-order valence-corrected chi connectivity index (χ0v) is 20.4. The number of anilines is 1. The summed E-state index contributed by atoms with van der Waals surface area (Å²) in [5.41, 5.74) is 1.60. The molecule has 0 amide bonds. The number of hydrogen-bond donors (Lipinski definition) is 4. The van der Waals surface area contributed by atoms with Crippen LogP contribution in [0.1, 0.15) is 43.7 Å². The fourth-order valence-corrected chi connectivity index (χ4v) is 5.32. The Morgan fingerprint density at radius 3 is 2.75 bits per heavy atom. The molecule has 13 heteroatoms. The standard InChI is InChI=1S/C23H28F2N6O4S/c1-2-7-36-23-27-21(26-15-10-17(35-6-5-32)20(34)19(15)33)18-22(28-23)31(30-29-18)16-9-12(16)11-3-4-13(24)14(25)8-11/h3-4,8,12,15-17,19-20,32-34H,2,5-7,9-10H2,1H3,(H,26,27,28)/t12-,15-,16+,17+,19+,20-/m1/s1. The molecule has 2 saturated carbocycles. The number of halogens is 2. The van der Waals surface area contributed by atoms with Gasteiger partial charge in [-0.1, -0.05) is 30.0 Å². The van der Waals surface area contributed by atoms with Crippen molar-refractivity contribution in [1.29, 1.82) is 0 Å². The van der Waals surface area contributed by atoms with Crippen LogP contribution in [0, 0.1) is 11.6 Å². The molecule has 2 aliphatic rings. The number of aromatic nitrogens is 5. The van der Waals surface area contributed by atoms with Crippen LogP contribution in [0.15, 0.2) is 23.4 Å².